The van der Waals surface area contributed by atoms with Crippen LogP contribution in [0, 0.1) is 0 Å². The summed E-state index contributed by atoms with van der Waals surface area (Å²) in [4.78, 5) is 30.6. The van der Waals surface area contributed by atoms with E-state index in [0.717, 1.165) is 24.5 Å². The highest BCUT2D eigenvalue weighted by molar-refractivity contribution is 5.96. The molecule has 1 fully saturated rings. The predicted octanol–water partition coefficient (Wildman–Crippen LogP) is 1.52. The van der Waals surface area contributed by atoms with E-state index in [4.69, 9.17) is 4.74 Å². The van der Waals surface area contributed by atoms with Gasteiger partial charge in [-0.3, -0.25) is 14.5 Å². The maximum atomic E-state index is 12.7. The highest BCUT2D eigenvalue weighted by Gasteiger charge is 2.27. The Hall–Kier alpha value is -2.34. The van der Waals surface area contributed by atoms with Crippen molar-refractivity contribution in [2.24, 2.45) is 0 Å². The number of ether oxygens (including phenoxy) is 1. The summed E-state index contributed by atoms with van der Waals surface area (Å²) in [5.74, 6) is 1.02. The Morgan fingerprint density at radius 2 is 1.84 bits per heavy atom. The molecule has 1 saturated heterocycles. The number of anilines is 1. The van der Waals surface area contributed by atoms with E-state index in [1.807, 2.05) is 29.2 Å². The Balaban J connectivity index is 1.52. The second kappa shape index (κ2) is 8.16. The number of para-hydroxylation sites is 2. The van der Waals surface area contributed by atoms with Crippen molar-refractivity contribution in [3.63, 3.8) is 0 Å². The molecule has 0 aromatic heterocycles. The fourth-order valence-electron chi connectivity index (χ4n) is 3.24. The second-order valence-corrected chi connectivity index (χ2v) is 6.35. The number of carbonyl (C=O) groups excluding carboxylic acids is 2. The lowest BCUT2D eigenvalue weighted by atomic mass is 10.2. The van der Waals surface area contributed by atoms with E-state index in [1.54, 1.807) is 11.0 Å². The first-order chi connectivity index (χ1) is 12.2. The molecule has 0 radical (unpaired) electrons. The smallest absolute Gasteiger partial charge is 0.241 e. The molecule has 0 aliphatic carbocycles. The van der Waals surface area contributed by atoms with Gasteiger partial charge in [-0.1, -0.05) is 18.2 Å². The summed E-state index contributed by atoms with van der Waals surface area (Å²) in [6, 6.07) is 7.64. The maximum absolute atomic E-state index is 12.7. The normalized spacial score (nSPS) is 17.6. The number of rotatable bonds is 5. The third-order valence-electron chi connectivity index (χ3n) is 4.68. The minimum Gasteiger partial charge on any atom is -0.490 e. The van der Waals surface area contributed by atoms with E-state index in [2.05, 4.69) is 11.5 Å². The molecule has 2 aliphatic heterocycles. The van der Waals surface area contributed by atoms with E-state index in [9.17, 15) is 9.59 Å². The van der Waals surface area contributed by atoms with Crippen LogP contribution in [0.25, 0.3) is 0 Å². The molecule has 2 aliphatic rings. The van der Waals surface area contributed by atoms with E-state index in [1.165, 1.54) is 0 Å². The largest absolute Gasteiger partial charge is 0.490 e. The first-order valence-corrected chi connectivity index (χ1v) is 8.82. The number of hydrogen-bond acceptors (Lipinski definition) is 4. The Labute approximate surface area is 148 Å². The van der Waals surface area contributed by atoms with Crippen LogP contribution >= 0.6 is 0 Å². The van der Waals surface area contributed by atoms with E-state index in [-0.39, 0.29) is 11.8 Å². The molecule has 134 valence electrons. The van der Waals surface area contributed by atoms with Crippen molar-refractivity contribution in [3.05, 3.63) is 36.9 Å². The average molecular weight is 343 g/mol. The van der Waals surface area contributed by atoms with E-state index < -0.39 is 0 Å². The van der Waals surface area contributed by atoms with Gasteiger partial charge in [0.15, 0.2) is 0 Å². The quantitative estimate of drug-likeness (QED) is 0.761. The van der Waals surface area contributed by atoms with Gasteiger partial charge in [-0.25, -0.2) is 0 Å². The van der Waals surface area contributed by atoms with Crippen molar-refractivity contribution >= 4 is 17.5 Å². The minimum absolute atomic E-state index is 0.0854. The summed E-state index contributed by atoms with van der Waals surface area (Å²) in [7, 11) is 0. The van der Waals surface area contributed by atoms with Gasteiger partial charge in [0.2, 0.25) is 11.8 Å². The molecule has 25 heavy (non-hydrogen) atoms. The molecule has 1 aromatic carbocycles. The molecular formula is C19H25N3O3. The monoisotopic (exact) mass is 343 g/mol. The summed E-state index contributed by atoms with van der Waals surface area (Å²) in [6.45, 7) is 7.97. The molecule has 6 nitrogen and oxygen atoms in total. The molecular weight excluding hydrogens is 318 g/mol. The van der Waals surface area contributed by atoms with E-state index >= 15 is 0 Å². The third kappa shape index (κ3) is 4.20. The first kappa shape index (κ1) is 17.5. The van der Waals surface area contributed by atoms with Crippen molar-refractivity contribution in [2.45, 2.75) is 12.8 Å². The summed E-state index contributed by atoms with van der Waals surface area (Å²) >= 11 is 0. The van der Waals surface area contributed by atoms with Crippen LogP contribution in [0.2, 0.25) is 0 Å². The van der Waals surface area contributed by atoms with Gasteiger partial charge < -0.3 is 14.5 Å². The molecule has 0 N–H and O–H groups in total. The zero-order valence-corrected chi connectivity index (χ0v) is 14.5. The van der Waals surface area contributed by atoms with Crippen LogP contribution in [-0.2, 0) is 9.59 Å². The van der Waals surface area contributed by atoms with Gasteiger partial charge in [0, 0.05) is 32.6 Å². The van der Waals surface area contributed by atoms with Gasteiger partial charge in [-0.15, -0.1) is 6.58 Å². The molecule has 1 aromatic rings. The highest BCUT2D eigenvalue weighted by atomic mass is 16.5. The number of benzene rings is 1. The molecule has 0 saturated carbocycles. The van der Waals surface area contributed by atoms with Crippen LogP contribution in [0.4, 0.5) is 5.69 Å². The number of carbonyl (C=O) groups is 2. The number of fused-ring (bicyclic) bond motifs is 1. The average Bonchev–Trinajstić information content (AvgIpc) is 2.66. The first-order valence-electron chi connectivity index (χ1n) is 8.82. The summed E-state index contributed by atoms with van der Waals surface area (Å²) < 4.78 is 5.61. The van der Waals surface area contributed by atoms with Crippen LogP contribution in [0.5, 0.6) is 5.75 Å². The van der Waals surface area contributed by atoms with Crippen molar-refractivity contribution < 1.29 is 14.3 Å². The lowest BCUT2D eigenvalue weighted by Crippen LogP contribution is -2.52. The molecule has 6 heteroatoms. The molecule has 0 unspecified atom stereocenters. The Bertz CT molecular complexity index is 639. The standard InChI is InChI=1S/C19H25N3O3/c1-2-3-8-18(23)21-11-9-20(10-12-21)15-19(24)22-13-14-25-17-7-5-4-6-16(17)22/h2,4-7H,1,3,8-15H2. The molecule has 0 spiro atoms. The third-order valence-corrected chi connectivity index (χ3v) is 4.68. The molecule has 2 amide bonds. The number of piperazine rings is 1. The lowest BCUT2D eigenvalue weighted by Gasteiger charge is -2.36. The van der Waals surface area contributed by atoms with Crippen LogP contribution in [0.1, 0.15) is 12.8 Å². The number of nitrogens with zero attached hydrogens (tertiary/aromatic N) is 3. The van der Waals surface area contributed by atoms with Crippen LogP contribution < -0.4 is 9.64 Å². The summed E-state index contributed by atoms with van der Waals surface area (Å²) in [5, 5.41) is 0. The maximum Gasteiger partial charge on any atom is 0.241 e. The fraction of sp³-hybridized carbons (Fsp3) is 0.474. The topological polar surface area (TPSA) is 53.1 Å². The zero-order valence-electron chi connectivity index (χ0n) is 14.5. The zero-order chi connectivity index (χ0) is 17.6. The number of allylic oxidation sites excluding steroid dienone is 1. The van der Waals surface area contributed by atoms with Gasteiger partial charge in [0.1, 0.15) is 12.4 Å². The number of hydrogen-bond donors (Lipinski definition) is 0. The van der Waals surface area contributed by atoms with Crippen LogP contribution in [0.3, 0.4) is 0 Å². The van der Waals surface area contributed by atoms with Gasteiger partial charge in [0.05, 0.1) is 18.8 Å². The molecule has 0 atom stereocenters. The SMILES string of the molecule is C=CCCC(=O)N1CCN(CC(=O)N2CCOc3ccccc32)CC1. The highest BCUT2D eigenvalue weighted by Crippen LogP contribution is 2.31. The summed E-state index contributed by atoms with van der Waals surface area (Å²) in [6.07, 6.45) is 3.01. The van der Waals surface area contributed by atoms with Crippen LogP contribution in [-0.4, -0.2) is 67.5 Å². The molecule has 3 rings (SSSR count). The lowest BCUT2D eigenvalue weighted by molar-refractivity contribution is -0.133. The Kier molecular flexibility index (Phi) is 5.71. The van der Waals surface area contributed by atoms with Crippen LogP contribution in [0.15, 0.2) is 36.9 Å². The summed E-state index contributed by atoms with van der Waals surface area (Å²) in [5.41, 5.74) is 0.844. The van der Waals surface area contributed by atoms with Crippen molar-refractivity contribution in [1.29, 1.82) is 0 Å². The second-order valence-electron chi connectivity index (χ2n) is 6.35. The van der Waals surface area contributed by atoms with Crippen molar-refractivity contribution in [3.8, 4) is 5.75 Å². The fourth-order valence-corrected chi connectivity index (χ4v) is 3.24. The van der Waals surface area contributed by atoms with Gasteiger partial charge in [-0.05, 0) is 18.6 Å². The predicted molar refractivity (Wildman–Crippen MR) is 96.7 cm³/mol. The Morgan fingerprint density at radius 3 is 2.60 bits per heavy atom. The van der Waals surface area contributed by atoms with E-state index in [0.29, 0.717) is 45.6 Å². The molecule has 0 bridgehead atoms. The van der Waals surface area contributed by atoms with Crippen molar-refractivity contribution in [2.75, 3.05) is 50.8 Å². The van der Waals surface area contributed by atoms with Gasteiger partial charge in [0.25, 0.3) is 0 Å². The Morgan fingerprint density at radius 1 is 1.08 bits per heavy atom. The number of amides is 2. The molecule has 2 heterocycles. The van der Waals surface area contributed by atoms with Crippen molar-refractivity contribution in [1.82, 2.24) is 9.80 Å². The minimum atomic E-state index is 0.0854. The van der Waals surface area contributed by atoms with Gasteiger partial charge >= 0.3 is 0 Å². The van der Waals surface area contributed by atoms with Gasteiger partial charge in [-0.2, -0.15) is 0 Å².